The fraction of sp³-hybridized carbons (Fsp3) is 0.167. The van der Waals surface area contributed by atoms with Crippen LogP contribution in [0.5, 0.6) is 5.75 Å². The smallest absolute Gasteiger partial charge is 0.311 e. The van der Waals surface area contributed by atoms with Gasteiger partial charge in [-0.2, -0.15) is 0 Å². The van der Waals surface area contributed by atoms with Crippen molar-refractivity contribution in [2.45, 2.75) is 6.92 Å². The molecule has 1 amide bonds. The second-order valence-electron chi connectivity index (χ2n) is 5.90. The third-order valence-corrected chi connectivity index (χ3v) is 4.12. The number of halogens is 2. The molecule has 0 bridgehead atoms. The highest BCUT2D eigenvalue weighted by Crippen LogP contribution is 2.34. The van der Waals surface area contributed by atoms with Gasteiger partial charge in [0.2, 0.25) is 5.91 Å². The number of hydrogen-bond acceptors (Lipinski definition) is 7. The number of ether oxygens (including phenoxy) is 1. The molecular weight excluding hydrogens is 405 g/mol. The second kappa shape index (κ2) is 8.65. The summed E-state index contributed by atoms with van der Waals surface area (Å²) in [5.74, 6) is -0.500. The molecule has 0 unspecified atom stereocenters. The van der Waals surface area contributed by atoms with Crippen LogP contribution in [0.2, 0.25) is 5.02 Å². The molecule has 29 heavy (non-hydrogen) atoms. The summed E-state index contributed by atoms with van der Waals surface area (Å²) in [7, 11) is 0. The number of anilines is 2. The lowest BCUT2D eigenvalue weighted by Gasteiger charge is -2.11. The van der Waals surface area contributed by atoms with Crippen LogP contribution < -0.4 is 15.4 Å². The number of nitrogens with zero attached hydrogens (tertiary/aromatic N) is 3. The highest BCUT2D eigenvalue weighted by molar-refractivity contribution is 6.31. The minimum absolute atomic E-state index is 0.0160. The molecular formula is C18H15ClFN5O4. The SMILES string of the molecule is CC(=O)NCCOc1cc2ncnc(Nc3ccc(F)c(Cl)c3)c2cc1[N+](=O)[O-]. The van der Waals surface area contributed by atoms with E-state index in [0.29, 0.717) is 16.6 Å². The van der Waals surface area contributed by atoms with Gasteiger partial charge in [0.05, 0.1) is 27.4 Å². The van der Waals surface area contributed by atoms with Gasteiger partial charge in [-0.05, 0) is 18.2 Å². The Morgan fingerprint density at radius 3 is 2.79 bits per heavy atom. The van der Waals surface area contributed by atoms with E-state index in [1.165, 1.54) is 43.6 Å². The first-order valence-electron chi connectivity index (χ1n) is 8.37. The van der Waals surface area contributed by atoms with Crippen molar-refractivity contribution in [1.29, 1.82) is 0 Å². The molecule has 0 spiro atoms. The first-order valence-corrected chi connectivity index (χ1v) is 8.75. The van der Waals surface area contributed by atoms with Crippen LogP contribution in [0.4, 0.5) is 21.6 Å². The van der Waals surface area contributed by atoms with Gasteiger partial charge in [0.15, 0.2) is 5.75 Å². The topological polar surface area (TPSA) is 119 Å². The van der Waals surface area contributed by atoms with Crippen molar-refractivity contribution in [1.82, 2.24) is 15.3 Å². The maximum atomic E-state index is 13.4. The molecule has 0 aliphatic rings. The lowest BCUT2D eigenvalue weighted by molar-refractivity contribution is -0.385. The van der Waals surface area contributed by atoms with Gasteiger partial charge in [0.1, 0.15) is 24.6 Å². The van der Waals surface area contributed by atoms with E-state index in [1.54, 1.807) is 0 Å². The molecule has 0 aliphatic heterocycles. The van der Waals surface area contributed by atoms with Crippen LogP contribution in [0.15, 0.2) is 36.7 Å². The number of fused-ring (bicyclic) bond motifs is 1. The van der Waals surface area contributed by atoms with Crippen molar-refractivity contribution in [3.05, 3.63) is 57.6 Å². The van der Waals surface area contributed by atoms with E-state index < -0.39 is 10.7 Å². The Labute approximate surface area is 169 Å². The van der Waals surface area contributed by atoms with Gasteiger partial charge in [0, 0.05) is 24.7 Å². The Balaban J connectivity index is 1.94. The van der Waals surface area contributed by atoms with Crippen LogP contribution in [0.25, 0.3) is 10.9 Å². The van der Waals surface area contributed by atoms with Crippen LogP contribution in [-0.4, -0.2) is 34.0 Å². The zero-order chi connectivity index (χ0) is 21.0. The number of nitrogens with one attached hydrogen (secondary N) is 2. The maximum absolute atomic E-state index is 13.4. The van der Waals surface area contributed by atoms with E-state index >= 15 is 0 Å². The molecule has 0 fully saturated rings. The van der Waals surface area contributed by atoms with E-state index in [0.717, 1.165) is 0 Å². The second-order valence-corrected chi connectivity index (χ2v) is 6.31. The summed E-state index contributed by atoms with van der Waals surface area (Å²) < 4.78 is 18.8. The Morgan fingerprint density at radius 1 is 1.31 bits per heavy atom. The van der Waals surface area contributed by atoms with Crippen LogP contribution in [-0.2, 0) is 4.79 Å². The summed E-state index contributed by atoms with van der Waals surface area (Å²) in [6.07, 6.45) is 1.28. The molecule has 0 radical (unpaired) electrons. The molecule has 0 saturated heterocycles. The van der Waals surface area contributed by atoms with Gasteiger partial charge in [-0.3, -0.25) is 14.9 Å². The number of amides is 1. The average Bonchev–Trinajstić information content (AvgIpc) is 2.67. The molecule has 150 valence electrons. The summed E-state index contributed by atoms with van der Waals surface area (Å²) in [6.45, 7) is 1.61. The summed E-state index contributed by atoms with van der Waals surface area (Å²) in [5.41, 5.74) is 0.570. The average molecular weight is 420 g/mol. The highest BCUT2D eigenvalue weighted by Gasteiger charge is 2.19. The van der Waals surface area contributed by atoms with Gasteiger partial charge in [0.25, 0.3) is 0 Å². The number of nitro groups is 1. The van der Waals surface area contributed by atoms with Crippen molar-refractivity contribution >= 4 is 45.6 Å². The van der Waals surface area contributed by atoms with E-state index in [4.69, 9.17) is 16.3 Å². The number of aromatic nitrogens is 2. The molecule has 2 aromatic carbocycles. The fourth-order valence-electron chi connectivity index (χ4n) is 2.53. The van der Waals surface area contributed by atoms with Crippen LogP contribution in [0.1, 0.15) is 6.92 Å². The Morgan fingerprint density at radius 2 is 2.10 bits per heavy atom. The molecule has 11 heteroatoms. The summed E-state index contributed by atoms with van der Waals surface area (Å²) in [6, 6.07) is 6.74. The molecule has 9 nitrogen and oxygen atoms in total. The van der Waals surface area contributed by atoms with Gasteiger partial charge >= 0.3 is 5.69 Å². The summed E-state index contributed by atoms with van der Waals surface area (Å²) >= 11 is 5.79. The quantitative estimate of drug-likeness (QED) is 0.341. The van der Waals surface area contributed by atoms with Gasteiger partial charge in [-0.15, -0.1) is 0 Å². The van der Waals surface area contributed by atoms with Crippen molar-refractivity contribution < 1.29 is 18.8 Å². The van der Waals surface area contributed by atoms with Crippen molar-refractivity contribution in [3.63, 3.8) is 0 Å². The molecule has 3 aromatic rings. The maximum Gasteiger partial charge on any atom is 0.311 e. The zero-order valence-electron chi connectivity index (χ0n) is 15.1. The lowest BCUT2D eigenvalue weighted by Crippen LogP contribution is -2.25. The monoisotopic (exact) mass is 419 g/mol. The van der Waals surface area contributed by atoms with Crippen molar-refractivity contribution in [2.24, 2.45) is 0 Å². The first kappa shape index (κ1) is 20.2. The summed E-state index contributed by atoms with van der Waals surface area (Å²) in [4.78, 5) is 30.0. The molecule has 3 rings (SSSR count). The standard InChI is InChI=1S/C18H15ClFN5O4/c1-10(26)21-4-5-29-17-8-15-12(7-16(17)25(27)28)18(23-9-22-15)24-11-2-3-14(20)13(19)6-11/h2-3,6-9H,4-5H2,1H3,(H,21,26)(H,22,23,24). The number of carbonyl (C=O) groups excluding carboxylic acids is 1. The van der Waals surface area contributed by atoms with E-state index in [2.05, 4.69) is 20.6 Å². The predicted octanol–water partition coefficient (Wildman–Crippen LogP) is 3.59. The first-order chi connectivity index (χ1) is 13.8. The molecule has 0 saturated carbocycles. The Bertz CT molecular complexity index is 1100. The van der Waals surface area contributed by atoms with E-state index in [-0.39, 0.29) is 41.3 Å². The lowest BCUT2D eigenvalue weighted by atomic mass is 10.2. The minimum atomic E-state index is -0.585. The predicted molar refractivity (Wildman–Crippen MR) is 105 cm³/mol. The number of rotatable bonds is 7. The van der Waals surface area contributed by atoms with E-state index in [9.17, 15) is 19.3 Å². The number of carbonyl (C=O) groups is 1. The largest absolute Gasteiger partial charge is 0.485 e. The van der Waals surface area contributed by atoms with Gasteiger partial charge < -0.3 is 15.4 Å². The zero-order valence-corrected chi connectivity index (χ0v) is 15.9. The molecule has 1 heterocycles. The molecule has 2 N–H and O–H groups in total. The van der Waals surface area contributed by atoms with E-state index in [1.807, 2.05) is 0 Å². The number of nitro benzene ring substituents is 1. The van der Waals surface area contributed by atoms with Crippen LogP contribution in [0, 0.1) is 15.9 Å². The summed E-state index contributed by atoms with van der Waals surface area (Å²) in [5, 5.41) is 17.3. The normalized spacial score (nSPS) is 10.6. The molecule has 0 aliphatic carbocycles. The van der Waals surface area contributed by atoms with Crippen LogP contribution >= 0.6 is 11.6 Å². The molecule has 0 atom stereocenters. The third-order valence-electron chi connectivity index (χ3n) is 3.83. The Kier molecular flexibility index (Phi) is 6.03. The Hall–Kier alpha value is -3.53. The highest BCUT2D eigenvalue weighted by atomic mass is 35.5. The fourth-order valence-corrected chi connectivity index (χ4v) is 2.71. The molecule has 1 aromatic heterocycles. The minimum Gasteiger partial charge on any atom is -0.485 e. The third kappa shape index (κ3) is 4.85. The van der Waals surface area contributed by atoms with Gasteiger partial charge in [-0.1, -0.05) is 11.6 Å². The number of benzene rings is 2. The van der Waals surface area contributed by atoms with Gasteiger partial charge in [-0.25, -0.2) is 14.4 Å². The van der Waals surface area contributed by atoms with Crippen LogP contribution in [0.3, 0.4) is 0 Å². The number of hydrogen-bond donors (Lipinski definition) is 2. The van der Waals surface area contributed by atoms with Crippen molar-refractivity contribution in [3.8, 4) is 5.75 Å². The van der Waals surface area contributed by atoms with Crippen molar-refractivity contribution in [2.75, 3.05) is 18.5 Å².